The maximum absolute atomic E-state index is 12.4. The quantitative estimate of drug-likeness (QED) is 0.839. The molecule has 1 aromatic heterocycles. The summed E-state index contributed by atoms with van der Waals surface area (Å²) in [5.74, 6) is 0.122. The normalized spacial score (nSPS) is 16.8. The fraction of sp³-hybridized carbons (Fsp3) is 0.316. The smallest absolute Gasteiger partial charge is 0.338 e. The van der Waals surface area contributed by atoms with Crippen LogP contribution in [-0.2, 0) is 11.3 Å². The molecule has 0 unspecified atom stereocenters. The van der Waals surface area contributed by atoms with E-state index in [9.17, 15) is 9.59 Å². The molecule has 6 heteroatoms. The summed E-state index contributed by atoms with van der Waals surface area (Å²) in [6, 6.07) is 8.77. The first-order chi connectivity index (χ1) is 12.1. The monoisotopic (exact) mass is 337 g/mol. The van der Waals surface area contributed by atoms with Crippen LogP contribution in [0.1, 0.15) is 46.1 Å². The number of esters is 1. The maximum Gasteiger partial charge on any atom is 0.338 e. The van der Waals surface area contributed by atoms with E-state index < -0.39 is 0 Å². The van der Waals surface area contributed by atoms with E-state index in [-0.39, 0.29) is 24.6 Å². The van der Waals surface area contributed by atoms with Gasteiger partial charge >= 0.3 is 12.0 Å². The van der Waals surface area contributed by atoms with Crippen LogP contribution in [-0.4, -0.2) is 17.0 Å². The van der Waals surface area contributed by atoms with Gasteiger partial charge < -0.3 is 15.4 Å². The minimum absolute atomic E-state index is 0.0840. The highest BCUT2D eigenvalue weighted by molar-refractivity contribution is 5.95. The van der Waals surface area contributed by atoms with Crippen LogP contribution in [0.4, 0.5) is 10.5 Å². The third-order valence-electron chi connectivity index (χ3n) is 4.58. The van der Waals surface area contributed by atoms with E-state index in [1.807, 2.05) is 19.1 Å². The largest absolute Gasteiger partial charge is 0.457 e. The zero-order chi connectivity index (χ0) is 17.4. The topological polar surface area (TPSA) is 80.3 Å². The van der Waals surface area contributed by atoms with Crippen molar-refractivity contribution in [2.75, 3.05) is 5.32 Å². The number of hydrogen-bond acceptors (Lipinski definition) is 4. The first-order valence-electron chi connectivity index (χ1n) is 8.40. The number of cyclic esters (lactones) is 1. The molecule has 1 aromatic carbocycles. The fourth-order valence-electron chi connectivity index (χ4n) is 3.11. The standard InChI is InChI=1S/C19H19N3O3/c1-11-6-7-20-16(8-11)17(12-2-3-12)22-19(24)21-14-4-5-15-13(9-14)10-25-18(15)23/h4-9,12,17H,2-3,10H2,1H3,(H2,21,22,24)/t17-/m0/s1. The Labute approximate surface area is 145 Å². The second kappa shape index (κ2) is 6.20. The summed E-state index contributed by atoms with van der Waals surface area (Å²) >= 11 is 0. The van der Waals surface area contributed by atoms with Crippen LogP contribution in [0.3, 0.4) is 0 Å². The first-order valence-corrected chi connectivity index (χ1v) is 8.40. The average molecular weight is 337 g/mol. The Morgan fingerprint density at radius 3 is 2.88 bits per heavy atom. The number of pyridine rings is 1. The number of aryl methyl sites for hydroxylation is 1. The van der Waals surface area contributed by atoms with Crippen molar-refractivity contribution in [2.24, 2.45) is 5.92 Å². The molecular formula is C19H19N3O3. The Bertz CT molecular complexity index is 846. The van der Waals surface area contributed by atoms with Gasteiger partial charge in [-0.3, -0.25) is 4.98 Å². The van der Waals surface area contributed by atoms with Gasteiger partial charge in [0.05, 0.1) is 17.3 Å². The molecule has 25 heavy (non-hydrogen) atoms. The number of rotatable bonds is 4. The van der Waals surface area contributed by atoms with Crippen LogP contribution in [0.15, 0.2) is 36.5 Å². The van der Waals surface area contributed by atoms with Gasteiger partial charge in [-0.1, -0.05) is 0 Å². The summed E-state index contributed by atoms with van der Waals surface area (Å²) < 4.78 is 4.98. The number of aromatic nitrogens is 1. The highest BCUT2D eigenvalue weighted by atomic mass is 16.5. The number of benzene rings is 1. The van der Waals surface area contributed by atoms with Gasteiger partial charge in [0.2, 0.25) is 0 Å². The summed E-state index contributed by atoms with van der Waals surface area (Å²) in [6.45, 7) is 2.27. The molecule has 1 saturated carbocycles. The van der Waals surface area contributed by atoms with Crippen molar-refractivity contribution in [3.63, 3.8) is 0 Å². The van der Waals surface area contributed by atoms with Gasteiger partial charge in [0.1, 0.15) is 6.61 Å². The molecule has 1 fully saturated rings. The Balaban J connectivity index is 1.46. The van der Waals surface area contributed by atoms with Crippen molar-refractivity contribution >= 4 is 17.7 Å². The molecule has 128 valence electrons. The minimum Gasteiger partial charge on any atom is -0.457 e. The van der Waals surface area contributed by atoms with Crippen LogP contribution < -0.4 is 10.6 Å². The predicted molar refractivity (Wildman–Crippen MR) is 92.2 cm³/mol. The summed E-state index contributed by atoms with van der Waals surface area (Å²) in [5.41, 5.74) is 4.01. The van der Waals surface area contributed by atoms with Crippen LogP contribution in [0.5, 0.6) is 0 Å². The first kappa shape index (κ1) is 15.6. The number of fused-ring (bicyclic) bond motifs is 1. The predicted octanol–water partition coefficient (Wildman–Crippen LogP) is 3.33. The Hall–Kier alpha value is -2.89. The number of anilines is 1. The Kier molecular flexibility index (Phi) is 3.87. The molecule has 2 heterocycles. The molecule has 2 N–H and O–H groups in total. The van der Waals surface area contributed by atoms with E-state index in [0.29, 0.717) is 17.2 Å². The maximum atomic E-state index is 12.4. The van der Waals surface area contributed by atoms with Crippen LogP contribution in [0, 0.1) is 12.8 Å². The molecule has 2 amide bonds. The molecule has 2 aliphatic rings. The molecule has 2 aromatic rings. The van der Waals surface area contributed by atoms with E-state index in [1.54, 1.807) is 24.4 Å². The van der Waals surface area contributed by atoms with Gasteiger partial charge in [0.25, 0.3) is 0 Å². The molecule has 6 nitrogen and oxygen atoms in total. The lowest BCUT2D eigenvalue weighted by Crippen LogP contribution is -2.34. The molecule has 1 aliphatic carbocycles. The molecule has 0 bridgehead atoms. The van der Waals surface area contributed by atoms with Gasteiger partial charge in [-0.05, 0) is 61.6 Å². The van der Waals surface area contributed by atoms with Gasteiger partial charge in [0.15, 0.2) is 0 Å². The van der Waals surface area contributed by atoms with Gasteiger partial charge in [-0.2, -0.15) is 0 Å². The van der Waals surface area contributed by atoms with E-state index in [1.165, 1.54) is 0 Å². The molecule has 0 saturated heterocycles. The number of carbonyl (C=O) groups is 2. The van der Waals surface area contributed by atoms with Crippen molar-refractivity contribution in [1.29, 1.82) is 0 Å². The lowest BCUT2D eigenvalue weighted by molar-refractivity contribution is 0.0535. The molecular weight excluding hydrogens is 318 g/mol. The highest BCUT2D eigenvalue weighted by Crippen LogP contribution is 2.40. The third-order valence-corrected chi connectivity index (χ3v) is 4.58. The van der Waals surface area contributed by atoms with E-state index in [2.05, 4.69) is 15.6 Å². The third kappa shape index (κ3) is 3.33. The lowest BCUT2D eigenvalue weighted by Gasteiger charge is -2.19. The van der Waals surface area contributed by atoms with Crippen molar-refractivity contribution in [2.45, 2.75) is 32.4 Å². The molecule has 1 atom stereocenters. The zero-order valence-electron chi connectivity index (χ0n) is 13.9. The van der Waals surface area contributed by atoms with Crippen molar-refractivity contribution in [3.8, 4) is 0 Å². The van der Waals surface area contributed by atoms with Crippen LogP contribution in [0.2, 0.25) is 0 Å². The summed E-state index contributed by atoms with van der Waals surface area (Å²) in [4.78, 5) is 28.3. The van der Waals surface area contributed by atoms with Gasteiger partial charge in [0, 0.05) is 17.4 Å². The van der Waals surface area contributed by atoms with E-state index in [0.717, 1.165) is 29.7 Å². The summed E-state index contributed by atoms with van der Waals surface area (Å²) in [6.07, 6.45) is 3.97. The minimum atomic E-state index is -0.315. The number of nitrogens with zero attached hydrogens (tertiary/aromatic N) is 1. The lowest BCUT2D eigenvalue weighted by atomic mass is 10.1. The molecule has 4 rings (SSSR count). The SMILES string of the molecule is Cc1ccnc([C@@H](NC(=O)Nc2ccc3c(c2)COC3=O)C2CC2)c1. The Morgan fingerprint density at radius 2 is 2.12 bits per heavy atom. The van der Waals surface area contributed by atoms with Crippen LogP contribution in [0.25, 0.3) is 0 Å². The summed E-state index contributed by atoms with van der Waals surface area (Å²) in [5, 5.41) is 5.88. The van der Waals surface area contributed by atoms with E-state index >= 15 is 0 Å². The number of nitrogens with one attached hydrogen (secondary N) is 2. The highest BCUT2D eigenvalue weighted by Gasteiger charge is 2.34. The fourth-order valence-corrected chi connectivity index (χ4v) is 3.11. The summed E-state index contributed by atoms with van der Waals surface area (Å²) in [7, 11) is 0. The number of urea groups is 1. The molecule has 0 radical (unpaired) electrons. The number of carbonyl (C=O) groups excluding carboxylic acids is 2. The number of ether oxygens (including phenoxy) is 1. The van der Waals surface area contributed by atoms with Crippen LogP contribution >= 0.6 is 0 Å². The second-order valence-corrected chi connectivity index (χ2v) is 6.62. The number of amides is 2. The Morgan fingerprint density at radius 1 is 1.28 bits per heavy atom. The van der Waals surface area contributed by atoms with Crippen molar-refractivity contribution in [3.05, 3.63) is 58.9 Å². The van der Waals surface area contributed by atoms with Gasteiger partial charge in [-0.15, -0.1) is 0 Å². The van der Waals surface area contributed by atoms with Gasteiger partial charge in [-0.25, -0.2) is 9.59 Å². The number of hydrogen-bond donors (Lipinski definition) is 2. The zero-order valence-corrected chi connectivity index (χ0v) is 13.9. The second-order valence-electron chi connectivity index (χ2n) is 6.62. The average Bonchev–Trinajstić information content (AvgIpc) is 3.37. The van der Waals surface area contributed by atoms with Crippen molar-refractivity contribution < 1.29 is 14.3 Å². The molecule has 1 aliphatic heterocycles. The van der Waals surface area contributed by atoms with E-state index in [4.69, 9.17) is 4.74 Å². The van der Waals surface area contributed by atoms with Crippen molar-refractivity contribution in [1.82, 2.24) is 10.3 Å². The molecule has 0 spiro atoms.